The number of carbonyl (C=O) groups excluding carboxylic acids is 1. The summed E-state index contributed by atoms with van der Waals surface area (Å²) in [6.07, 6.45) is 0. The Hall–Kier alpha value is -0.570. The highest BCUT2D eigenvalue weighted by atomic mass is 16.2. The van der Waals surface area contributed by atoms with Crippen molar-refractivity contribution in [3.63, 3.8) is 0 Å². The van der Waals surface area contributed by atoms with Gasteiger partial charge in [0.15, 0.2) is 0 Å². The van der Waals surface area contributed by atoms with Gasteiger partial charge >= 0.3 is 0 Å². The van der Waals surface area contributed by atoms with Gasteiger partial charge in [0.1, 0.15) is 0 Å². The first-order valence-electron chi connectivity index (χ1n) is 5.44. The smallest absolute Gasteiger partial charge is 0.225 e. The predicted molar refractivity (Wildman–Crippen MR) is 58.1 cm³/mol. The van der Waals surface area contributed by atoms with Crippen molar-refractivity contribution in [1.82, 2.24) is 10.2 Å². The Bertz CT molecular complexity index is 202. The molecule has 82 valence electrons. The molecule has 1 aliphatic heterocycles. The van der Waals surface area contributed by atoms with E-state index in [4.69, 9.17) is 0 Å². The molecule has 0 aliphatic carbocycles. The lowest BCUT2D eigenvalue weighted by Gasteiger charge is -2.38. The first-order chi connectivity index (χ1) is 6.43. The fraction of sp³-hybridized carbons (Fsp3) is 0.909. The van der Waals surface area contributed by atoms with Crippen molar-refractivity contribution in [2.24, 2.45) is 11.3 Å². The largest absolute Gasteiger partial charge is 0.355 e. The summed E-state index contributed by atoms with van der Waals surface area (Å²) in [5, 5.41) is 3.00. The second-order valence-electron chi connectivity index (χ2n) is 5.18. The Morgan fingerprint density at radius 3 is 2.43 bits per heavy atom. The van der Waals surface area contributed by atoms with Crippen molar-refractivity contribution in [3.05, 3.63) is 0 Å². The van der Waals surface area contributed by atoms with Crippen molar-refractivity contribution in [3.8, 4) is 0 Å². The molecule has 1 saturated heterocycles. The maximum Gasteiger partial charge on any atom is 0.225 e. The number of hydrogen-bond acceptors (Lipinski definition) is 2. The standard InChI is InChI=1S/C11H22N2O/c1-5-13-7-9(8-13)6-12-10(14)11(2,3)4/h9H,5-8H2,1-4H3,(H,12,14). The third-order valence-corrected chi connectivity index (χ3v) is 2.71. The monoisotopic (exact) mass is 198 g/mol. The number of carbonyl (C=O) groups is 1. The Labute approximate surface area is 86.9 Å². The summed E-state index contributed by atoms with van der Waals surface area (Å²) in [6, 6.07) is 0. The fourth-order valence-electron chi connectivity index (χ4n) is 1.57. The first-order valence-corrected chi connectivity index (χ1v) is 5.44. The fourth-order valence-corrected chi connectivity index (χ4v) is 1.57. The molecule has 0 aromatic rings. The summed E-state index contributed by atoms with van der Waals surface area (Å²) in [5.41, 5.74) is -0.256. The SMILES string of the molecule is CCN1CC(CNC(=O)C(C)(C)C)C1. The van der Waals surface area contributed by atoms with Crippen LogP contribution in [0.4, 0.5) is 0 Å². The molecule has 0 unspecified atom stereocenters. The molecular weight excluding hydrogens is 176 g/mol. The van der Waals surface area contributed by atoms with Gasteiger partial charge in [0, 0.05) is 31.0 Å². The Kier molecular flexibility index (Phi) is 3.53. The van der Waals surface area contributed by atoms with Crippen LogP contribution < -0.4 is 5.32 Å². The quantitative estimate of drug-likeness (QED) is 0.736. The minimum absolute atomic E-state index is 0.160. The van der Waals surface area contributed by atoms with Crippen molar-refractivity contribution in [2.45, 2.75) is 27.7 Å². The van der Waals surface area contributed by atoms with Crippen LogP contribution in [-0.4, -0.2) is 37.0 Å². The van der Waals surface area contributed by atoms with Gasteiger partial charge in [-0.2, -0.15) is 0 Å². The van der Waals surface area contributed by atoms with E-state index >= 15 is 0 Å². The number of nitrogens with zero attached hydrogens (tertiary/aromatic N) is 1. The Morgan fingerprint density at radius 2 is 2.00 bits per heavy atom. The van der Waals surface area contributed by atoms with Crippen LogP contribution in [-0.2, 0) is 4.79 Å². The normalized spacial score (nSPS) is 19.1. The van der Waals surface area contributed by atoms with Gasteiger partial charge < -0.3 is 10.2 Å². The molecule has 0 bridgehead atoms. The molecular formula is C11H22N2O. The van der Waals surface area contributed by atoms with E-state index in [0.717, 1.165) is 26.2 Å². The second kappa shape index (κ2) is 4.30. The molecule has 0 aromatic heterocycles. The van der Waals surface area contributed by atoms with Crippen LogP contribution >= 0.6 is 0 Å². The summed E-state index contributed by atoms with van der Waals surface area (Å²) >= 11 is 0. The molecule has 3 nitrogen and oxygen atoms in total. The molecule has 0 aromatic carbocycles. The van der Waals surface area contributed by atoms with Crippen LogP contribution in [0.5, 0.6) is 0 Å². The van der Waals surface area contributed by atoms with E-state index in [1.54, 1.807) is 0 Å². The number of rotatable bonds is 3. The van der Waals surface area contributed by atoms with Crippen LogP contribution in [0.1, 0.15) is 27.7 Å². The molecule has 14 heavy (non-hydrogen) atoms. The first kappa shape index (κ1) is 11.5. The molecule has 0 atom stereocenters. The van der Waals surface area contributed by atoms with Crippen molar-refractivity contribution in [1.29, 1.82) is 0 Å². The summed E-state index contributed by atoms with van der Waals surface area (Å²) in [6.45, 7) is 12.3. The molecule has 1 heterocycles. The lowest BCUT2D eigenvalue weighted by molar-refractivity contribution is -0.129. The summed E-state index contributed by atoms with van der Waals surface area (Å²) in [7, 11) is 0. The number of likely N-dealkylation sites (tertiary alicyclic amines) is 1. The molecule has 3 heteroatoms. The van der Waals surface area contributed by atoms with E-state index in [1.165, 1.54) is 0 Å². The van der Waals surface area contributed by atoms with E-state index in [-0.39, 0.29) is 11.3 Å². The van der Waals surface area contributed by atoms with E-state index in [1.807, 2.05) is 20.8 Å². The van der Waals surface area contributed by atoms with Crippen molar-refractivity contribution in [2.75, 3.05) is 26.2 Å². The van der Waals surface area contributed by atoms with Crippen LogP contribution in [0.25, 0.3) is 0 Å². The number of nitrogens with one attached hydrogen (secondary N) is 1. The zero-order chi connectivity index (χ0) is 10.8. The highest BCUT2D eigenvalue weighted by Gasteiger charge is 2.27. The second-order valence-corrected chi connectivity index (χ2v) is 5.18. The van der Waals surface area contributed by atoms with Gasteiger partial charge in [-0.05, 0) is 6.54 Å². The van der Waals surface area contributed by atoms with E-state index in [9.17, 15) is 4.79 Å². The van der Waals surface area contributed by atoms with Gasteiger partial charge in [-0.15, -0.1) is 0 Å². The highest BCUT2D eigenvalue weighted by Crippen LogP contribution is 2.16. The molecule has 1 aliphatic rings. The minimum Gasteiger partial charge on any atom is -0.355 e. The maximum atomic E-state index is 11.5. The number of hydrogen-bond donors (Lipinski definition) is 1. The average molecular weight is 198 g/mol. The Balaban J connectivity index is 2.14. The molecule has 0 spiro atoms. The average Bonchev–Trinajstić information content (AvgIpc) is 1.99. The number of amides is 1. The molecule has 1 rings (SSSR count). The van der Waals surface area contributed by atoms with Crippen LogP contribution in [0.15, 0.2) is 0 Å². The Morgan fingerprint density at radius 1 is 1.43 bits per heavy atom. The minimum atomic E-state index is -0.256. The maximum absolute atomic E-state index is 11.5. The van der Waals surface area contributed by atoms with Crippen LogP contribution in [0.2, 0.25) is 0 Å². The summed E-state index contributed by atoms with van der Waals surface area (Å²) in [5.74, 6) is 0.827. The van der Waals surface area contributed by atoms with E-state index in [0.29, 0.717) is 5.92 Å². The van der Waals surface area contributed by atoms with Gasteiger partial charge in [-0.25, -0.2) is 0 Å². The van der Waals surface area contributed by atoms with Crippen LogP contribution in [0.3, 0.4) is 0 Å². The molecule has 1 fully saturated rings. The molecule has 0 radical (unpaired) electrons. The lowest BCUT2D eigenvalue weighted by Crippen LogP contribution is -2.52. The van der Waals surface area contributed by atoms with Gasteiger partial charge in [-0.1, -0.05) is 27.7 Å². The van der Waals surface area contributed by atoms with Gasteiger partial charge in [-0.3, -0.25) is 4.79 Å². The zero-order valence-electron chi connectivity index (χ0n) is 9.76. The molecule has 0 saturated carbocycles. The van der Waals surface area contributed by atoms with Crippen LogP contribution in [0, 0.1) is 11.3 Å². The van der Waals surface area contributed by atoms with Crippen molar-refractivity contribution < 1.29 is 4.79 Å². The summed E-state index contributed by atoms with van der Waals surface area (Å²) < 4.78 is 0. The zero-order valence-corrected chi connectivity index (χ0v) is 9.76. The van der Waals surface area contributed by atoms with Crippen molar-refractivity contribution >= 4 is 5.91 Å². The van der Waals surface area contributed by atoms with E-state index < -0.39 is 0 Å². The predicted octanol–water partition coefficient (Wildman–Crippen LogP) is 1.10. The van der Waals surface area contributed by atoms with E-state index in [2.05, 4.69) is 17.1 Å². The van der Waals surface area contributed by atoms with Gasteiger partial charge in [0.05, 0.1) is 0 Å². The lowest BCUT2D eigenvalue weighted by atomic mass is 9.94. The highest BCUT2D eigenvalue weighted by molar-refractivity contribution is 5.81. The molecule has 1 N–H and O–H groups in total. The van der Waals surface area contributed by atoms with Gasteiger partial charge in [0.25, 0.3) is 0 Å². The topological polar surface area (TPSA) is 32.3 Å². The van der Waals surface area contributed by atoms with Gasteiger partial charge in [0.2, 0.25) is 5.91 Å². The third-order valence-electron chi connectivity index (χ3n) is 2.71. The summed E-state index contributed by atoms with van der Waals surface area (Å²) in [4.78, 5) is 13.9. The third kappa shape index (κ3) is 2.98. The molecule has 1 amide bonds.